The number of benzene rings is 1. The zero-order valence-corrected chi connectivity index (χ0v) is 15.7. The van der Waals surface area contributed by atoms with Crippen LogP contribution in [0.3, 0.4) is 0 Å². The van der Waals surface area contributed by atoms with Crippen molar-refractivity contribution in [2.45, 2.75) is 31.5 Å². The van der Waals surface area contributed by atoms with E-state index in [-0.39, 0.29) is 18.1 Å². The van der Waals surface area contributed by atoms with Crippen molar-refractivity contribution in [3.05, 3.63) is 52.3 Å². The molecule has 0 bridgehead atoms. The topological polar surface area (TPSA) is 59.4 Å². The van der Waals surface area contributed by atoms with Crippen molar-refractivity contribution < 1.29 is 9.53 Å². The molecule has 7 heteroatoms. The molecule has 2 fully saturated rings. The molecule has 138 valence electrons. The molecule has 0 spiro atoms. The Hall–Kier alpha value is -1.89. The first-order chi connectivity index (χ1) is 12.5. The number of carbonyl (C=O) groups excluding carboxylic acids is 1. The van der Waals surface area contributed by atoms with Gasteiger partial charge in [0.05, 0.1) is 18.4 Å². The van der Waals surface area contributed by atoms with E-state index in [4.69, 9.17) is 16.3 Å². The van der Waals surface area contributed by atoms with Gasteiger partial charge >= 0.3 is 0 Å². The maximum atomic E-state index is 12.5. The van der Waals surface area contributed by atoms with Crippen molar-refractivity contribution >= 4 is 17.5 Å². The molecule has 1 amide bonds. The number of morpholine rings is 1. The Morgan fingerprint density at radius 1 is 1.31 bits per heavy atom. The van der Waals surface area contributed by atoms with Crippen LogP contribution in [0.1, 0.15) is 34.3 Å². The van der Waals surface area contributed by atoms with Crippen molar-refractivity contribution in [1.29, 1.82) is 0 Å². The van der Waals surface area contributed by atoms with Gasteiger partial charge in [0, 0.05) is 37.2 Å². The number of nitrogens with zero attached hydrogens (tertiary/aromatic N) is 3. The summed E-state index contributed by atoms with van der Waals surface area (Å²) in [6, 6.07) is 10.1. The third-order valence-corrected chi connectivity index (χ3v) is 5.48. The molecule has 1 aromatic heterocycles. The molecule has 26 heavy (non-hydrogen) atoms. The standard InChI is InChI=1S/C19H23ClN4O2/c1-12-7-17(23(2)22-12)19(25)21-15-8-16-11-26-18(10-24(16)9-15)13-3-5-14(20)6-4-13/h3-7,15-16,18H,8-11H2,1-2H3,(H,21,25)/t15-,16+,18-/m1/s1. The lowest BCUT2D eigenvalue weighted by Gasteiger charge is -2.35. The molecule has 2 aliphatic heterocycles. The summed E-state index contributed by atoms with van der Waals surface area (Å²) in [7, 11) is 1.80. The largest absolute Gasteiger partial charge is 0.371 e. The summed E-state index contributed by atoms with van der Waals surface area (Å²) in [5.41, 5.74) is 2.59. The lowest BCUT2D eigenvalue weighted by atomic mass is 10.1. The number of rotatable bonds is 3. The van der Waals surface area contributed by atoms with Crippen molar-refractivity contribution in [1.82, 2.24) is 20.0 Å². The van der Waals surface area contributed by atoms with Gasteiger partial charge in [0.1, 0.15) is 5.69 Å². The Balaban J connectivity index is 1.38. The van der Waals surface area contributed by atoms with Gasteiger partial charge in [-0.05, 0) is 37.1 Å². The number of aryl methyl sites for hydroxylation is 2. The molecule has 0 saturated carbocycles. The van der Waals surface area contributed by atoms with Crippen LogP contribution >= 0.6 is 11.6 Å². The number of aromatic nitrogens is 2. The molecule has 0 unspecified atom stereocenters. The van der Waals surface area contributed by atoms with Crippen molar-refractivity contribution in [3.63, 3.8) is 0 Å². The Morgan fingerprint density at radius 2 is 2.08 bits per heavy atom. The average molecular weight is 375 g/mol. The highest BCUT2D eigenvalue weighted by Gasteiger charge is 2.38. The van der Waals surface area contributed by atoms with E-state index < -0.39 is 0 Å². The van der Waals surface area contributed by atoms with E-state index >= 15 is 0 Å². The van der Waals surface area contributed by atoms with E-state index in [9.17, 15) is 4.79 Å². The number of amides is 1. The molecule has 0 aliphatic carbocycles. The predicted octanol–water partition coefficient (Wildman–Crippen LogP) is 2.33. The van der Waals surface area contributed by atoms with Gasteiger partial charge in [-0.25, -0.2) is 0 Å². The quantitative estimate of drug-likeness (QED) is 0.895. The van der Waals surface area contributed by atoms with Crippen molar-refractivity contribution in [2.24, 2.45) is 7.05 Å². The second kappa shape index (κ2) is 7.02. The highest BCUT2D eigenvalue weighted by molar-refractivity contribution is 6.30. The summed E-state index contributed by atoms with van der Waals surface area (Å²) in [5, 5.41) is 8.13. The van der Waals surface area contributed by atoms with Crippen LogP contribution in [0, 0.1) is 6.92 Å². The van der Waals surface area contributed by atoms with Gasteiger partial charge in [0.15, 0.2) is 0 Å². The summed E-state index contributed by atoms with van der Waals surface area (Å²) in [6.45, 7) is 4.26. The van der Waals surface area contributed by atoms with E-state index in [0.717, 1.165) is 35.8 Å². The highest BCUT2D eigenvalue weighted by atomic mass is 35.5. The molecular weight excluding hydrogens is 352 g/mol. The van der Waals surface area contributed by atoms with Crippen LogP contribution in [0.25, 0.3) is 0 Å². The molecule has 1 aromatic carbocycles. The first-order valence-electron chi connectivity index (χ1n) is 8.92. The van der Waals surface area contributed by atoms with Crippen LogP contribution in [0.4, 0.5) is 0 Å². The maximum Gasteiger partial charge on any atom is 0.269 e. The normalized spacial score (nSPS) is 25.9. The lowest BCUT2D eigenvalue weighted by molar-refractivity contribution is -0.0502. The summed E-state index contributed by atoms with van der Waals surface area (Å²) < 4.78 is 7.70. The summed E-state index contributed by atoms with van der Waals surface area (Å²) in [5.74, 6) is -0.0619. The number of nitrogens with one attached hydrogen (secondary N) is 1. The Kier molecular flexibility index (Phi) is 4.73. The number of hydrogen-bond donors (Lipinski definition) is 1. The Morgan fingerprint density at radius 3 is 2.77 bits per heavy atom. The average Bonchev–Trinajstić information content (AvgIpc) is 3.16. The third kappa shape index (κ3) is 3.49. The van der Waals surface area contributed by atoms with Gasteiger partial charge in [-0.2, -0.15) is 5.10 Å². The smallest absolute Gasteiger partial charge is 0.269 e. The molecule has 2 saturated heterocycles. The first-order valence-corrected chi connectivity index (χ1v) is 9.30. The van der Waals surface area contributed by atoms with Crippen LogP contribution in [-0.2, 0) is 11.8 Å². The fourth-order valence-corrected chi connectivity index (χ4v) is 4.07. The second-order valence-electron chi connectivity index (χ2n) is 7.18. The minimum Gasteiger partial charge on any atom is -0.371 e. The molecule has 4 rings (SSSR count). The second-order valence-corrected chi connectivity index (χ2v) is 7.62. The number of hydrogen-bond acceptors (Lipinski definition) is 4. The van der Waals surface area contributed by atoms with Crippen LogP contribution < -0.4 is 5.32 Å². The molecule has 1 N–H and O–H groups in total. The minimum atomic E-state index is -0.0619. The summed E-state index contributed by atoms with van der Waals surface area (Å²) >= 11 is 5.97. The third-order valence-electron chi connectivity index (χ3n) is 5.23. The molecule has 3 heterocycles. The van der Waals surface area contributed by atoms with E-state index in [0.29, 0.717) is 18.3 Å². The minimum absolute atomic E-state index is 0.0534. The number of carbonyl (C=O) groups is 1. The molecular formula is C19H23ClN4O2. The fourth-order valence-electron chi connectivity index (χ4n) is 3.94. The van der Waals surface area contributed by atoms with Gasteiger partial charge in [-0.15, -0.1) is 0 Å². The lowest BCUT2D eigenvalue weighted by Crippen LogP contribution is -2.43. The zero-order valence-electron chi connectivity index (χ0n) is 15.0. The summed E-state index contributed by atoms with van der Waals surface area (Å²) in [6.07, 6.45) is 0.966. The zero-order chi connectivity index (χ0) is 18.3. The SMILES string of the molecule is Cc1cc(C(=O)N[C@@H]2C[C@H]3CO[C@@H](c4ccc(Cl)cc4)CN3C2)n(C)n1. The van der Waals surface area contributed by atoms with Gasteiger partial charge < -0.3 is 10.1 Å². The molecule has 3 atom stereocenters. The van der Waals surface area contributed by atoms with E-state index in [1.165, 1.54) is 0 Å². The van der Waals surface area contributed by atoms with Crippen molar-refractivity contribution in [2.75, 3.05) is 19.7 Å². The van der Waals surface area contributed by atoms with Gasteiger partial charge in [-0.1, -0.05) is 23.7 Å². The van der Waals surface area contributed by atoms with Gasteiger partial charge in [-0.3, -0.25) is 14.4 Å². The molecule has 2 aliphatic rings. The Labute approximate surface area is 158 Å². The van der Waals surface area contributed by atoms with Gasteiger partial charge in [0.2, 0.25) is 0 Å². The maximum absolute atomic E-state index is 12.5. The fraction of sp³-hybridized carbons (Fsp3) is 0.474. The Bertz CT molecular complexity index is 804. The number of halogens is 1. The van der Waals surface area contributed by atoms with Crippen molar-refractivity contribution in [3.8, 4) is 0 Å². The van der Waals surface area contributed by atoms with Crippen LogP contribution in [0.2, 0.25) is 5.02 Å². The highest BCUT2D eigenvalue weighted by Crippen LogP contribution is 2.30. The molecule has 2 aromatic rings. The summed E-state index contributed by atoms with van der Waals surface area (Å²) in [4.78, 5) is 14.9. The van der Waals surface area contributed by atoms with Crippen LogP contribution in [-0.4, -0.2) is 52.4 Å². The van der Waals surface area contributed by atoms with Gasteiger partial charge in [0.25, 0.3) is 5.91 Å². The monoisotopic (exact) mass is 374 g/mol. The first kappa shape index (κ1) is 17.5. The van der Waals surface area contributed by atoms with Crippen LogP contribution in [0.5, 0.6) is 0 Å². The number of ether oxygens (including phenoxy) is 1. The van der Waals surface area contributed by atoms with E-state index in [1.807, 2.05) is 37.3 Å². The number of fused-ring (bicyclic) bond motifs is 1. The van der Waals surface area contributed by atoms with Crippen LogP contribution in [0.15, 0.2) is 30.3 Å². The molecule has 6 nitrogen and oxygen atoms in total. The molecule has 0 radical (unpaired) electrons. The van der Waals surface area contributed by atoms with E-state index in [2.05, 4.69) is 15.3 Å². The van der Waals surface area contributed by atoms with E-state index in [1.54, 1.807) is 11.7 Å². The predicted molar refractivity (Wildman–Crippen MR) is 99.3 cm³/mol.